The molecule has 0 aliphatic heterocycles. The smallest absolute Gasteiger partial charge is 0.318 e. The molecule has 0 aromatic carbocycles. The van der Waals surface area contributed by atoms with E-state index >= 15 is 0 Å². The summed E-state index contributed by atoms with van der Waals surface area (Å²) < 4.78 is 13.4. The fraction of sp³-hybridized carbons (Fsp3) is 0.867. The number of hydrogen-bond acceptors (Lipinski definition) is 2. The van der Waals surface area contributed by atoms with Crippen molar-refractivity contribution in [1.29, 1.82) is 0 Å². The molecule has 0 N–H and O–H groups in total. The maximum Gasteiger partial charge on any atom is 0.318 e. The lowest BCUT2D eigenvalue weighted by Crippen LogP contribution is -2.56. The van der Waals surface area contributed by atoms with E-state index in [1.165, 1.54) is 12.8 Å². The van der Waals surface area contributed by atoms with E-state index in [0.717, 1.165) is 11.8 Å². The Morgan fingerprint density at radius 3 is 1.60 bits per heavy atom. The summed E-state index contributed by atoms with van der Waals surface area (Å²) in [5.74, 6) is 1.53. The fourth-order valence-corrected chi connectivity index (χ4v) is 17.0. The zero-order valence-electron chi connectivity index (χ0n) is 13.6. The van der Waals surface area contributed by atoms with E-state index in [4.69, 9.17) is 8.23 Å². The van der Waals surface area contributed by atoms with Gasteiger partial charge in [-0.25, -0.2) is 0 Å². The molecule has 2 aliphatic rings. The third-order valence-electron chi connectivity index (χ3n) is 3.97. The van der Waals surface area contributed by atoms with Crippen LogP contribution in [0.5, 0.6) is 0 Å². The lowest BCUT2D eigenvalue weighted by atomic mass is 10.1. The van der Waals surface area contributed by atoms with E-state index in [2.05, 4.69) is 58.0 Å². The van der Waals surface area contributed by atoms with Crippen molar-refractivity contribution < 1.29 is 8.23 Å². The zero-order chi connectivity index (χ0) is 14.5. The Morgan fingerprint density at radius 1 is 0.800 bits per heavy atom. The highest BCUT2D eigenvalue weighted by Gasteiger charge is 2.53. The molecule has 1 saturated carbocycles. The van der Waals surface area contributed by atoms with Gasteiger partial charge >= 0.3 is 8.56 Å². The van der Waals surface area contributed by atoms with Gasteiger partial charge in [-0.1, -0.05) is 19.6 Å². The van der Waals surface area contributed by atoms with Crippen LogP contribution in [0.15, 0.2) is 12.2 Å². The number of rotatable bonds is 5. The average Bonchev–Trinajstić information content (AvgIpc) is 2.70. The molecule has 118 valence electrons. The summed E-state index contributed by atoms with van der Waals surface area (Å²) in [6.07, 6.45) is 7.50. The molecule has 2 nitrogen and oxygen atoms in total. The van der Waals surface area contributed by atoms with Crippen LogP contribution in [0, 0.1) is 11.8 Å². The first-order valence-electron chi connectivity index (χ1n) is 7.57. The van der Waals surface area contributed by atoms with E-state index < -0.39 is 25.2 Å². The van der Waals surface area contributed by atoms with Gasteiger partial charge in [0.15, 0.2) is 16.6 Å². The van der Waals surface area contributed by atoms with Gasteiger partial charge in [-0.3, -0.25) is 0 Å². The van der Waals surface area contributed by atoms with Crippen molar-refractivity contribution in [2.75, 3.05) is 0 Å². The fourth-order valence-electron chi connectivity index (χ4n) is 3.77. The largest absolute Gasteiger partial charge is 0.436 e. The van der Waals surface area contributed by atoms with Crippen molar-refractivity contribution in [3.63, 3.8) is 0 Å². The van der Waals surface area contributed by atoms with E-state index in [9.17, 15) is 0 Å². The first-order chi connectivity index (χ1) is 8.49. The average molecular weight is 331 g/mol. The van der Waals surface area contributed by atoms with Gasteiger partial charge in [-0.05, 0) is 70.5 Å². The first-order valence-corrected chi connectivity index (χ1v) is 16.8. The number of fused-ring (bicyclic) bond motifs is 2. The molecule has 0 heterocycles. The van der Waals surface area contributed by atoms with Gasteiger partial charge in [-0.15, -0.1) is 0 Å². The predicted molar refractivity (Wildman–Crippen MR) is 96.3 cm³/mol. The maximum atomic E-state index is 6.69. The molecular formula is C15H34O2Si3. The third-order valence-corrected chi connectivity index (χ3v) is 14.1. The van der Waals surface area contributed by atoms with Gasteiger partial charge in [0.1, 0.15) is 0 Å². The van der Waals surface area contributed by atoms with E-state index in [-0.39, 0.29) is 7.43 Å². The van der Waals surface area contributed by atoms with Crippen LogP contribution in [0.2, 0.25) is 51.4 Å². The highest BCUT2D eigenvalue weighted by atomic mass is 28.5. The van der Waals surface area contributed by atoms with Crippen molar-refractivity contribution in [3.8, 4) is 0 Å². The summed E-state index contributed by atoms with van der Waals surface area (Å²) in [4.78, 5) is 0. The molecule has 20 heavy (non-hydrogen) atoms. The van der Waals surface area contributed by atoms with Gasteiger partial charge in [0.05, 0.1) is 0 Å². The Labute approximate surface area is 129 Å². The molecule has 3 unspecified atom stereocenters. The third kappa shape index (κ3) is 4.40. The van der Waals surface area contributed by atoms with Crippen LogP contribution in [0.4, 0.5) is 0 Å². The quantitative estimate of drug-likeness (QED) is 0.499. The topological polar surface area (TPSA) is 18.5 Å². The molecule has 0 saturated heterocycles. The van der Waals surface area contributed by atoms with Gasteiger partial charge in [0.2, 0.25) is 0 Å². The van der Waals surface area contributed by atoms with Crippen LogP contribution in [0.1, 0.15) is 20.3 Å². The van der Waals surface area contributed by atoms with Crippen molar-refractivity contribution in [3.05, 3.63) is 12.2 Å². The van der Waals surface area contributed by atoms with E-state index in [1.54, 1.807) is 0 Å². The number of hydrogen-bond donors (Lipinski definition) is 0. The van der Waals surface area contributed by atoms with E-state index in [0.29, 0.717) is 5.54 Å². The SMILES string of the molecule is C.C[Si](C)(C)O[Si](C)(O[Si](C)(C)C)C1CC2C=CC1C2. The molecule has 0 radical (unpaired) electrons. The van der Waals surface area contributed by atoms with Crippen LogP contribution in [0.25, 0.3) is 0 Å². The molecule has 0 amide bonds. The molecule has 3 atom stereocenters. The second-order valence-electron chi connectivity index (χ2n) is 8.33. The summed E-state index contributed by atoms with van der Waals surface area (Å²) in [5.41, 5.74) is 0.681. The summed E-state index contributed by atoms with van der Waals surface area (Å²) in [6.45, 7) is 16.2. The Balaban J connectivity index is 0.00000200. The molecular weight excluding hydrogens is 296 g/mol. The summed E-state index contributed by atoms with van der Waals surface area (Å²) in [5, 5.41) is 0. The molecule has 2 aliphatic carbocycles. The highest BCUT2D eigenvalue weighted by molar-refractivity contribution is 6.88. The normalized spacial score (nSPS) is 29.6. The highest BCUT2D eigenvalue weighted by Crippen LogP contribution is 2.53. The second-order valence-corrected chi connectivity index (χ2v) is 21.2. The summed E-state index contributed by atoms with van der Waals surface area (Å²) >= 11 is 0. The molecule has 5 heteroatoms. The predicted octanol–water partition coefficient (Wildman–Crippen LogP) is 5.36. The summed E-state index contributed by atoms with van der Waals surface area (Å²) in [6, 6.07) is 0. The minimum Gasteiger partial charge on any atom is -0.436 e. The minimum absolute atomic E-state index is 0. The summed E-state index contributed by atoms with van der Waals surface area (Å²) in [7, 11) is -5.17. The van der Waals surface area contributed by atoms with Crippen LogP contribution in [-0.2, 0) is 8.23 Å². The standard InChI is InChI=1S/C14H30O2Si3.CH4/c1-17(2,3)15-19(7,16-18(4,5)6)14-11-12-8-9-13(14)10-12;/h8-9,12-14H,10-11H2,1-7H3;1H4. The van der Waals surface area contributed by atoms with Gasteiger partial charge in [0, 0.05) is 5.54 Å². The molecule has 0 spiro atoms. The van der Waals surface area contributed by atoms with Gasteiger partial charge < -0.3 is 8.23 Å². The van der Waals surface area contributed by atoms with Crippen molar-refractivity contribution in [2.45, 2.75) is 71.6 Å². The van der Waals surface area contributed by atoms with Crippen LogP contribution in [0.3, 0.4) is 0 Å². The van der Waals surface area contributed by atoms with Crippen molar-refractivity contribution in [2.24, 2.45) is 11.8 Å². The Morgan fingerprint density at radius 2 is 1.30 bits per heavy atom. The van der Waals surface area contributed by atoms with Crippen LogP contribution < -0.4 is 0 Å². The van der Waals surface area contributed by atoms with E-state index in [1.807, 2.05) is 0 Å². The molecule has 2 rings (SSSR count). The maximum absolute atomic E-state index is 6.69. The Bertz CT molecular complexity index is 352. The lowest BCUT2D eigenvalue weighted by Gasteiger charge is -2.44. The van der Waals surface area contributed by atoms with Gasteiger partial charge in [0.25, 0.3) is 0 Å². The monoisotopic (exact) mass is 330 g/mol. The zero-order valence-corrected chi connectivity index (χ0v) is 16.6. The van der Waals surface area contributed by atoms with Crippen LogP contribution in [-0.4, -0.2) is 25.2 Å². The van der Waals surface area contributed by atoms with Gasteiger partial charge in [-0.2, -0.15) is 0 Å². The van der Waals surface area contributed by atoms with Crippen molar-refractivity contribution >= 4 is 25.2 Å². The Kier molecular flexibility index (Phi) is 5.36. The second kappa shape index (κ2) is 5.83. The molecule has 0 aromatic heterocycles. The van der Waals surface area contributed by atoms with Crippen LogP contribution >= 0.6 is 0 Å². The molecule has 2 bridgehead atoms. The molecule has 1 fully saturated rings. The first kappa shape index (κ1) is 18.4. The Hall–Kier alpha value is 0.311. The number of allylic oxidation sites excluding steroid dienone is 2. The van der Waals surface area contributed by atoms with Crippen molar-refractivity contribution in [1.82, 2.24) is 0 Å². The minimum atomic E-state index is -2.07. The molecule has 0 aromatic rings. The lowest BCUT2D eigenvalue weighted by molar-refractivity contribution is 0.350.